The quantitative estimate of drug-likeness (QED) is 0.285. The lowest BCUT2D eigenvalue weighted by Gasteiger charge is -2.34. The van der Waals surface area contributed by atoms with E-state index >= 15 is 0 Å². The average Bonchev–Trinajstić information content (AvgIpc) is 2.88. The molecule has 214 valence electrons. The van der Waals surface area contributed by atoms with Crippen LogP contribution in [0.25, 0.3) is 0 Å². The number of halogens is 2. The van der Waals surface area contributed by atoms with E-state index in [0.29, 0.717) is 33.3 Å². The first kappa shape index (κ1) is 31.5. The molecular formula is C30H35Cl2N3O4S. The highest BCUT2D eigenvalue weighted by molar-refractivity contribution is 7.92. The zero-order valence-electron chi connectivity index (χ0n) is 23.3. The minimum atomic E-state index is -4.13. The van der Waals surface area contributed by atoms with Crippen molar-refractivity contribution in [1.82, 2.24) is 10.2 Å². The highest BCUT2D eigenvalue weighted by Crippen LogP contribution is 2.29. The molecule has 0 aliphatic carbocycles. The number of hydrogen-bond donors (Lipinski definition) is 1. The molecule has 0 aromatic heterocycles. The minimum absolute atomic E-state index is 0.00897. The normalized spacial score (nSPS) is 12.2. The Morgan fingerprint density at radius 3 is 2.20 bits per heavy atom. The predicted octanol–water partition coefficient (Wildman–Crippen LogP) is 6.14. The number of hydrogen-bond acceptors (Lipinski definition) is 4. The first-order chi connectivity index (χ1) is 18.8. The summed E-state index contributed by atoms with van der Waals surface area (Å²) < 4.78 is 29.0. The van der Waals surface area contributed by atoms with Crippen molar-refractivity contribution in [3.05, 3.63) is 93.5 Å². The molecule has 0 bridgehead atoms. The van der Waals surface area contributed by atoms with Crippen molar-refractivity contribution in [2.75, 3.05) is 10.8 Å². The average molecular weight is 605 g/mol. The van der Waals surface area contributed by atoms with Crippen LogP contribution < -0.4 is 9.62 Å². The Bertz CT molecular complexity index is 1460. The molecule has 0 heterocycles. The Kier molecular flexibility index (Phi) is 10.6. The molecule has 0 saturated carbocycles. The molecule has 0 saturated heterocycles. The molecule has 40 heavy (non-hydrogen) atoms. The van der Waals surface area contributed by atoms with E-state index in [0.717, 1.165) is 9.87 Å². The molecule has 1 N–H and O–H groups in total. The van der Waals surface area contributed by atoms with Crippen LogP contribution >= 0.6 is 23.2 Å². The van der Waals surface area contributed by atoms with Gasteiger partial charge in [0, 0.05) is 22.6 Å². The van der Waals surface area contributed by atoms with Gasteiger partial charge in [0.1, 0.15) is 12.6 Å². The van der Waals surface area contributed by atoms with Crippen molar-refractivity contribution < 1.29 is 18.0 Å². The van der Waals surface area contributed by atoms with Gasteiger partial charge < -0.3 is 10.2 Å². The number of carbonyl (C=O) groups is 2. The first-order valence-electron chi connectivity index (χ1n) is 13.0. The van der Waals surface area contributed by atoms with Crippen molar-refractivity contribution in [1.29, 1.82) is 0 Å². The van der Waals surface area contributed by atoms with Crippen LogP contribution in [0, 0.1) is 13.8 Å². The summed E-state index contributed by atoms with van der Waals surface area (Å²) >= 11 is 12.5. The van der Waals surface area contributed by atoms with E-state index in [4.69, 9.17) is 23.2 Å². The second-order valence-corrected chi connectivity index (χ2v) is 12.7. The van der Waals surface area contributed by atoms with Crippen LogP contribution in [0.2, 0.25) is 10.0 Å². The molecule has 0 fully saturated rings. The molecule has 0 radical (unpaired) electrons. The molecule has 0 aliphatic heterocycles. The van der Waals surface area contributed by atoms with Crippen molar-refractivity contribution in [3.63, 3.8) is 0 Å². The van der Waals surface area contributed by atoms with Gasteiger partial charge in [-0.2, -0.15) is 0 Å². The van der Waals surface area contributed by atoms with Crippen LogP contribution in [0.3, 0.4) is 0 Å². The molecular weight excluding hydrogens is 569 g/mol. The Labute approximate surface area is 247 Å². The summed E-state index contributed by atoms with van der Waals surface area (Å²) in [5.74, 6) is -0.879. The molecule has 7 nitrogen and oxygen atoms in total. The van der Waals surface area contributed by atoms with E-state index in [1.807, 2.05) is 26.8 Å². The molecule has 0 aliphatic rings. The number of nitrogens with one attached hydrogen (secondary N) is 1. The number of amides is 2. The SMILES string of the molecule is CC[C@H](C(=O)NC(C)C)N(Cc1ccc(Cl)cc1Cl)C(=O)CN(c1ccc(C)cc1C)S(=O)(=O)c1ccccc1. The van der Waals surface area contributed by atoms with Crippen molar-refractivity contribution >= 4 is 50.7 Å². The lowest BCUT2D eigenvalue weighted by Crippen LogP contribution is -2.53. The second kappa shape index (κ2) is 13.5. The smallest absolute Gasteiger partial charge is 0.264 e. The Hall–Kier alpha value is -3.07. The molecule has 2 amide bonds. The lowest BCUT2D eigenvalue weighted by atomic mass is 10.1. The number of rotatable bonds is 11. The zero-order valence-corrected chi connectivity index (χ0v) is 25.6. The van der Waals surface area contributed by atoms with Gasteiger partial charge in [-0.1, -0.05) is 72.1 Å². The van der Waals surface area contributed by atoms with Gasteiger partial charge in [0.25, 0.3) is 10.0 Å². The Morgan fingerprint density at radius 2 is 1.62 bits per heavy atom. The fraction of sp³-hybridized carbons (Fsp3) is 0.333. The third-order valence-corrected chi connectivity index (χ3v) is 8.76. The third-order valence-electron chi connectivity index (χ3n) is 6.40. The van der Waals surface area contributed by atoms with Crippen LogP contribution in [0.1, 0.15) is 43.9 Å². The molecule has 1 atom stereocenters. The van der Waals surface area contributed by atoms with Crippen LogP contribution in [-0.2, 0) is 26.2 Å². The van der Waals surface area contributed by atoms with E-state index in [1.54, 1.807) is 62.4 Å². The highest BCUT2D eigenvalue weighted by Gasteiger charge is 2.34. The number of benzene rings is 3. The molecule has 3 rings (SSSR count). The van der Waals surface area contributed by atoms with Gasteiger partial charge >= 0.3 is 0 Å². The summed E-state index contributed by atoms with van der Waals surface area (Å²) in [6.45, 7) is 8.66. The van der Waals surface area contributed by atoms with Crippen molar-refractivity contribution in [2.24, 2.45) is 0 Å². The summed E-state index contributed by atoms with van der Waals surface area (Å²) in [6, 6.07) is 17.2. The monoisotopic (exact) mass is 603 g/mol. The van der Waals surface area contributed by atoms with Gasteiger partial charge in [0.15, 0.2) is 0 Å². The highest BCUT2D eigenvalue weighted by atomic mass is 35.5. The number of sulfonamides is 1. The maximum absolute atomic E-state index is 14.1. The Morgan fingerprint density at radius 1 is 0.950 bits per heavy atom. The van der Waals surface area contributed by atoms with Crippen LogP contribution in [0.4, 0.5) is 5.69 Å². The van der Waals surface area contributed by atoms with Crippen LogP contribution in [-0.4, -0.2) is 43.8 Å². The predicted molar refractivity (Wildman–Crippen MR) is 161 cm³/mol. The number of nitrogens with zero attached hydrogens (tertiary/aromatic N) is 2. The maximum Gasteiger partial charge on any atom is 0.264 e. The standard InChI is InChI=1S/C30H35Cl2N3O4S/c1-6-27(30(37)33-20(2)3)34(18-23-13-14-24(31)17-26(23)32)29(36)19-35(28-15-12-21(4)16-22(28)5)40(38,39)25-10-8-7-9-11-25/h7-17,20,27H,6,18-19H2,1-5H3,(H,33,37)/t27-/m1/s1. The van der Waals surface area contributed by atoms with E-state index in [1.165, 1.54) is 17.0 Å². The van der Waals surface area contributed by atoms with E-state index < -0.39 is 28.5 Å². The molecule has 10 heteroatoms. The summed E-state index contributed by atoms with van der Waals surface area (Å²) in [6.07, 6.45) is 0.310. The van der Waals surface area contributed by atoms with E-state index in [9.17, 15) is 18.0 Å². The van der Waals surface area contributed by atoms with Crippen LogP contribution in [0.15, 0.2) is 71.6 Å². The van der Waals surface area contributed by atoms with Crippen molar-refractivity contribution in [3.8, 4) is 0 Å². The van der Waals surface area contributed by atoms with Gasteiger partial charge in [0.05, 0.1) is 10.6 Å². The molecule has 3 aromatic rings. The van der Waals surface area contributed by atoms with Crippen LogP contribution in [0.5, 0.6) is 0 Å². The van der Waals surface area contributed by atoms with Gasteiger partial charge in [-0.15, -0.1) is 0 Å². The number of aryl methyl sites for hydroxylation is 2. The molecule has 0 unspecified atom stereocenters. The largest absolute Gasteiger partial charge is 0.352 e. The second-order valence-electron chi connectivity index (χ2n) is 9.96. The summed E-state index contributed by atoms with van der Waals surface area (Å²) in [4.78, 5) is 28.8. The zero-order chi connectivity index (χ0) is 29.6. The molecule has 0 spiro atoms. The summed E-state index contributed by atoms with van der Waals surface area (Å²) in [7, 11) is -4.13. The van der Waals surface area contributed by atoms with E-state index in [2.05, 4.69) is 5.32 Å². The first-order valence-corrected chi connectivity index (χ1v) is 15.2. The van der Waals surface area contributed by atoms with Crippen molar-refractivity contribution in [2.45, 2.75) is 64.6 Å². The third kappa shape index (κ3) is 7.56. The topological polar surface area (TPSA) is 86.8 Å². The number of anilines is 1. The minimum Gasteiger partial charge on any atom is -0.352 e. The molecule has 3 aromatic carbocycles. The van der Waals surface area contributed by atoms with Gasteiger partial charge in [0.2, 0.25) is 11.8 Å². The number of carbonyl (C=O) groups excluding carboxylic acids is 2. The fourth-order valence-corrected chi connectivity index (χ4v) is 6.42. The fourth-order valence-electron chi connectivity index (χ4n) is 4.45. The van der Waals surface area contributed by atoms with Gasteiger partial charge in [-0.25, -0.2) is 8.42 Å². The maximum atomic E-state index is 14.1. The summed E-state index contributed by atoms with van der Waals surface area (Å²) in [5, 5.41) is 3.65. The van der Waals surface area contributed by atoms with Gasteiger partial charge in [-0.05, 0) is 75.6 Å². The summed E-state index contributed by atoms with van der Waals surface area (Å²) in [5.41, 5.74) is 2.62. The van der Waals surface area contributed by atoms with Gasteiger partial charge in [-0.3, -0.25) is 13.9 Å². The Balaban J connectivity index is 2.11. The lowest BCUT2D eigenvalue weighted by molar-refractivity contribution is -0.140. The van der Waals surface area contributed by atoms with E-state index in [-0.39, 0.29) is 23.4 Å².